The molecule has 3 heterocycles. The third-order valence-electron chi connectivity index (χ3n) is 8.12. The predicted molar refractivity (Wildman–Crippen MR) is 157 cm³/mol. The molecule has 2 atom stereocenters. The lowest BCUT2D eigenvalue weighted by Crippen LogP contribution is -2.44. The Morgan fingerprint density at radius 2 is 1.84 bits per heavy atom. The number of fused-ring (bicyclic) bond motifs is 3. The average Bonchev–Trinajstić information content (AvgIpc) is 3.44. The maximum atomic E-state index is 6.38. The summed E-state index contributed by atoms with van der Waals surface area (Å²) >= 11 is 0. The highest BCUT2D eigenvalue weighted by atomic mass is 35.5. The summed E-state index contributed by atoms with van der Waals surface area (Å²) in [6.45, 7) is 5.76. The highest BCUT2D eigenvalue weighted by Crippen LogP contribution is 2.47. The first kappa shape index (κ1) is 29.3. The quantitative estimate of drug-likeness (QED) is 0.406. The van der Waals surface area contributed by atoms with Crippen molar-refractivity contribution >= 4 is 48.7 Å². The van der Waals surface area contributed by atoms with Gasteiger partial charge in [-0.05, 0) is 60.9 Å². The van der Waals surface area contributed by atoms with Crippen molar-refractivity contribution in [1.82, 2.24) is 9.97 Å². The van der Waals surface area contributed by atoms with Gasteiger partial charge in [0, 0.05) is 48.5 Å². The van der Waals surface area contributed by atoms with Crippen LogP contribution < -0.4 is 20.7 Å². The number of hydrogen-bond donors (Lipinski definition) is 2. The molecule has 3 aromatic rings. The van der Waals surface area contributed by atoms with E-state index >= 15 is 0 Å². The van der Waals surface area contributed by atoms with Gasteiger partial charge in [-0.2, -0.15) is 0 Å². The van der Waals surface area contributed by atoms with E-state index in [1.54, 1.807) is 6.33 Å². The second-order valence-corrected chi connectivity index (χ2v) is 10.1. The Balaban J connectivity index is 0.00000127. The SMILES string of the molecule is C[C@@H]1CCc2ncnc(N3CCC4(CC3)CNc3ccc(OC(CN)c5ccccc5)cc34)c21.Cl.Cl.Cl. The zero-order valence-electron chi connectivity index (χ0n) is 21.1. The van der Waals surface area contributed by atoms with Crippen molar-refractivity contribution in [3.8, 4) is 5.75 Å². The second kappa shape index (κ2) is 12.1. The molecule has 1 aliphatic carbocycles. The summed E-state index contributed by atoms with van der Waals surface area (Å²) in [5, 5.41) is 3.67. The summed E-state index contributed by atoms with van der Waals surface area (Å²) < 4.78 is 6.38. The highest BCUT2D eigenvalue weighted by molar-refractivity contribution is 5.86. The number of nitrogens with zero attached hydrogens (tertiary/aromatic N) is 3. The summed E-state index contributed by atoms with van der Waals surface area (Å²) in [4.78, 5) is 11.8. The van der Waals surface area contributed by atoms with Gasteiger partial charge in [0.25, 0.3) is 0 Å². The summed E-state index contributed by atoms with van der Waals surface area (Å²) in [5.41, 5.74) is 12.6. The van der Waals surface area contributed by atoms with E-state index in [0.717, 1.165) is 50.2 Å². The average molecular weight is 565 g/mol. The topological polar surface area (TPSA) is 76.3 Å². The summed E-state index contributed by atoms with van der Waals surface area (Å²) in [5.74, 6) is 2.61. The zero-order chi connectivity index (χ0) is 23.1. The molecule has 3 aliphatic rings. The lowest BCUT2D eigenvalue weighted by atomic mass is 9.74. The third-order valence-corrected chi connectivity index (χ3v) is 8.12. The van der Waals surface area contributed by atoms with Gasteiger partial charge < -0.3 is 20.7 Å². The molecule has 1 aromatic heterocycles. The fraction of sp³-hybridized carbons (Fsp3) is 0.429. The number of halogens is 3. The van der Waals surface area contributed by atoms with Gasteiger partial charge in [0.05, 0.1) is 0 Å². The molecule has 1 unspecified atom stereocenters. The van der Waals surface area contributed by atoms with Crippen LogP contribution in [-0.4, -0.2) is 36.1 Å². The van der Waals surface area contributed by atoms with Crippen molar-refractivity contribution < 1.29 is 4.74 Å². The number of aromatic nitrogens is 2. The minimum atomic E-state index is -0.145. The van der Waals surface area contributed by atoms with E-state index in [2.05, 4.69) is 52.5 Å². The molecule has 0 radical (unpaired) electrons. The Bertz CT molecular complexity index is 1190. The Kier molecular flexibility index (Phi) is 9.57. The first-order valence-corrected chi connectivity index (χ1v) is 12.6. The number of aryl methyl sites for hydroxylation is 1. The number of hydrogen-bond acceptors (Lipinski definition) is 6. The van der Waals surface area contributed by atoms with Gasteiger partial charge in [0.15, 0.2) is 0 Å². The molecule has 0 saturated carbocycles. The molecule has 0 amide bonds. The van der Waals surface area contributed by atoms with Crippen LogP contribution in [0, 0.1) is 0 Å². The van der Waals surface area contributed by atoms with E-state index in [0.29, 0.717) is 12.5 Å². The van der Waals surface area contributed by atoms with Crippen molar-refractivity contribution in [2.24, 2.45) is 5.73 Å². The third kappa shape index (κ3) is 5.35. The van der Waals surface area contributed by atoms with Crippen LogP contribution in [0.1, 0.15) is 60.6 Å². The van der Waals surface area contributed by atoms with E-state index in [1.807, 2.05) is 18.2 Å². The standard InChI is InChI=1S/C28H33N5O.3ClH/c1-19-7-9-24-26(19)27(32-18-31-24)33-13-11-28(12-14-33)17-30-23-10-8-21(15-22(23)28)34-25(16-29)20-5-3-2-4-6-20;;;/h2-6,8,10,15,18-19,25,30H,7,9,11-14,16-17,29H2,1H3;3*1H/t19-,25?;;;/m1.../s1. The van der Waals surface area contributed by atoms with Gasteiger partial charge in [0.1, 0.15) is 24.0 Å². The van der Waals surface area contributed by atoms with Crippen LogP contribution in [0.5, 0.6) is 5.75 Å². The Morgan fingerprint density at radius 1 is 1.08 bits per heavy atom. The molecular formula is C28H36Cl3N5O. The number of nitrogens with one attached hydrogen (secondary N) is 1. The molecular weight excluding hydrogens is 529 g/mol. The molecule has 1 saturated heterocycles. The van der Waals surface area contributed by atoms with Gasteiger partial charge in [-0.25, -0.2) is 9.97 Å². The minimum absolute atomic E-state index is 0. The van der Waals surface area contributed by atoms with Crippen molar-refractivity contribution in [1.29, 1.82) is 0 Å². The molecule has 200 valence electrons. The number of anilines is 2. The van der Waals surface area contributed by atoms with E-state index < -0.39 is 0 Å². The summed E-state index contributed by atoms with van der Waals surface area (Å²) in [6.07, 6.45) is 6.08. The van der Waals surface area contributed by atoms with Crippen LogP contribution in [0.15, 0.2) is 54.9 Å². The summed E-state index contributed by atoms with van der Waals surface area (Å²) in [7, 11) is 0. The smallest absolute Gasteiger partial charge is 0.136 e. The van der Waals surface area contributed by atoms with Gasteiger partial charge in [-0.3, -0.25) is 0 Å². The van der Waals surface area contributed by atoms with Crippen LogP contribution in [0.25, 0.3) is 0 Å². The van der Waals surface area contributed by atoms with Gasteiger partial charge in [-0.1, -0.05) is 37.3 Å². The lowest BCUT2D eigenvalue weighted by molar-refractivity contribution is 0.213. The number of benzene rings is 2. The lowest BCUT2D eigenvalue weighted by Gasteiger charge is -2.40. The van der Waals surface area contributed by atoms with Crippen molar-refractivity contribution in [2.45, 2.75) is 50.0 Å². The molecule has 6 rings (SSSR count). The van der Waals surface area contributed by atoms with Crippen LogP contribution in [0.2, 0.25) is 0 Å². The van der Waals surface area contributed by atoms with E-state index in [9.17, 15) is 0 Å². The molecule has 2 aliphatic heterocycles. The highest BCUT2D eigenvalue weighted by Gasteiger charge is 2.42. The normalized spacial score (nSPS) is 19.4. The first-order chi connectivity index (χ1) is 16.7. The van der Waals surface area contributed by atoms with Crippen LogP contribution in [-0.2, 0) is 11.8 Å². The Hall–Kier alpha value is -2.25. The van der Waals surface area contributed by atoms with Gasteiger partial charge in [-0.15, -0.1) is 37.2 Å². The van der Waals surface area contributed by atoms with Gasteiger partial charge >= 0.3 is 0 Å². The fourth-order valence-electron chi connectivity index (χ4n) is 6.10. The van der Waals surface area contributed by atoms with Crippen LogP contribution >= 0.6 is 37.2 Å². The molecule has 0 bridgehead atoms. The van der Waals surface area contributed by atoms with Crippen molar-refractivity contribution in [3.05, 3.63) is 77.2 Å². The molecule has 3 N–H and O–H groups in total. The molecule has 37 heavy (non-hydrogen) atoms. The van der Waals surface area contributed by atoms with Crippen LogP contribution in [0.4, 0.5) is 11.5 Å². The van der Waals surface area contributed by atoms with Gasteiger partial charge in [0.2, 0.25) is 0 Å². The van der Waals surface area contributed by atoms with E-state index in [1.165, 1.54) is 34.7 Å². The molecule has 6 nitrogen and oxygen atoms in total. The Morgan fingerprint density at radius 3 is 2.57 bits per heavy atom. The zero-order valence-corrected chi connectivity index (χ0v) is 23.5. The van der Waals surface area contributed by atoms with E-state index in [4.69, 9.17) is 15.5 Å². The Labute approximate surface area is 238 Å². The van der Waals surface area contributed by atoms with Crippen LogP contribution in [0.3, 0.4) is 0 Å². The maximum absolute atomic E-state index is 6.38. The number of nitrogens with two attached hydrogens (primary N) is 1. The maximum Gasteiger partial charge on any atom is 0.136 e. The largest absolute Gasteiger partial charge is 0.484 e. The van der Waals surface area contributed by atoms with Crippen molar-refractivity contribution in [3.63, 3.8) is 0 Å². The number of piperidine rings is 1. The molecule has 1 spiro atoms. The fourth-order valence-corrected chi connectivity index (χ4v) is 6.10. The molecule has 2 aromatic carbocycles. The van der Waals surface area contributed by atoms with E-state index in [-0.39, 0.29) is 48.7 Å². The molecule has 1 fully saturated rings. The molecule has 9 heteroatoms. The predicted octanol–water partition coefficient (Wildman–Crippen LogP) is 5.83. The number of ether oxygens (including phenoxy) is 1. The monoisotopic (exact) mass is 563 g/mol. The summed E-state index contributed by atoms with van der Waals surface area (Å²) in [6, 6.07) is 16.7. The van der Waals surface area contributed by atoms with Crippen molar-refractivity contribution in [2.75, 3.05) is 36.4 Å². The minimum Gasteiger partial charge on any atom is -0.484 e. The number of rotatable bonds is 5. The second-order valence-electron chi connectivity index (χ2n) is 10.1. The first-order valence-electron chi connectivity index (χ1n) is 12.6.